The molecule has 1 aromatic heterocycles. The van der Waals surface area contributed by atoms with Gasteiger partial charge in [0.15, 0.2) is 0 Å². The second-order valence-electron chi connectivity index (χ2n) is 6.54. The Morgan fingerprint density at radius 1 is 1.35 bits per heavy atom. The van der Waals surface area contributed by atoms with Crippen molar-refractivity contribution in [2.45, 2.75) is 51.1 Å². The number of carbonyl (C=O) groups excluding carboxylic acids is 1. The molecule has 8 heteroatoms. The number of carboxylic acid groups (broad SMARTS) is 1. The van der Waals surface area contributed by atoms with Gasteiger partial charge in [-0.25, -0.2) is 4.79 Å². The van der Waals surface area contributed by atoms with Crippen molar-refractivity contribution in [1.29, 1.82) is 0 Å². The molecule has 0 spiro atoms. The lowest BCUT2D eigenvalue weighted by molar-refractivity contribution is -0.149. The van der Waals surface area contributed by atoms with Crippen molar-refractivity contribution in [2.24, 2.45) is 0 Å². The number of hydrogen-bond donors (Lipinski definition) is 1. The van der Waals surface area contributed by atoms with Crippen LogP contribution in [0.4, 0.5) is 0 Å². The maximum atomic E-state index is 13.1. The zero-order valence-electron chi connectivity index (χ0n) is 14.7. The van der Waals surface area contributed by atoms with E-state index in [1.54, 1.807) is 24.3 Å². The van der Waals surface area contributed by atoms with Crippen LogP contribution in [0.15, 0.2) is 29.1 Å². The number of aromatic nitrogens is 3. The molecule has 26 heavy (non-hydrogen) atoms. The van der Waals surface area contributed by atoms with Gasteiger partial charge in [0.25, 0.3) is 5.56 Å². The number of benzene rings is 1. The van der Waals surface area contributed by atoms with Crippen molar-refractivity contribution in [3.8, 4) is 0 Å². The third-order valence-corrected chi connectivity index (χ3v) is 4.82. The molecule has 0 radical (unpaired) electrons. The van der Waals surface area contributed by atoms with Crippen LogP contribution < -0.4 is 5.56 Å². The fourth-order valence-electron chi connectivity index (χ4n) is 3.43. The third-order valence-electron chi connectivity index (χ3n) is 4.82. The smallest absolute Gasteiger partial charge is 0.326 e. The summed E-state index contributed by atoms with van der Waals surface area (Å²) in [5.74, 6) is -1.38. The minimum atomic E-state index is -1.01. The number of amides is 1. The topological polar surface area (TPSA) is 105 Å². The van der Waals surface area contributed by atoms with Gasteiger partial charge in [-0.3, -0.25) is 9.59 Å². The number of unbranched alkanes of at least 4 members (excludes halogenated alkanes) is 1. The molecule has 0 saturated carbocycles. The molecule has 0 aliphatic carbocycles. The molecule has 1 N–H and O–H groups in total. The summed E-state index contributed by atoms with van der Waals surface area (Å²) >= 11 is 0. The van der Waals surface area contributed by atoms with Gasteiger partial charge in [-0.15, -0.1) is 5.10 Å². The van der Waals surface area contributed by atoms with E-state index in [0.29, 0.717) is 36.7 Å². The SMILES string of the molecule is CCCCC(C(=O)N1CCCC1C(=O)O)n1nnc2ccccc2c1=O. The van der Waals surface area contributed by atoms with Crippen molar-refractivity contribution in [3.05, 3.63) is 34.6 Å². The maximum Gasteiger partial charge on any atom is 0.326 e. The normalized spacial score (nSPS) is 18.2. The van der Waals surface area contributed by atoms with E-state index in [1.807, 2.05) is 6.92 Å². The molecule has 138 valence electrons. The standard InChI is InChI=1S/C18H22N4O4/c1-2-3-9-14(17(24)21-11-6-10-15(21)18(25)26)22-16(23)12-7-4-5-8-13(12)19-20-22/h4-5,7-8,14-15H,2-3,6,9-11H2,1H3,(H,25,26). The highest BCUT2D eigenvalue weighted by Crippen LogP contribution is 2.24. The number of carbonyl (C=O) groups is 2. The van der Waals surface area contributed by atoms with Crippen LogP contribution in [0.5, 0.6) is 0 Å². The number of carboxylic acids is 1. The molecule has 1 aromatic carbocycles. The van der Waals surface area contributed by atoms with E-state index in [0.717, 1.165) is 17.5 Å². The van der Waals surface area contributed by atoms with E-state index < -0.39 is 18.1 Å². The molecule has 2 aromatic rings. The Kier molecular flexibility index (Phi) is 5.29. The Labute approximate surface area is 150 Å². The molecule has 1 aliphatic rings. The molecular formula is C18H22N4O4. The fourth-order valence-corrected chi connectivity index (χ4v) is 3.43. The first kappa shape index (κ1) is 18.0. The molecule has 1 aliphatic heterocycles. The Hall–Kier alpha value is -2.77. The summed E-state index contributed by atoms with van der Waals surface area (Å²) in [6, 6.07) is 5.18. The highest BCUT2D eigenvalue weighted by molar-refractivity contribution is 5.87. The minimum absolute atomic E-state index is 0.366. The molecule has 1 amide bonds. The molecule has 2 heterocycles. The van der Waals surface area contributed by atoms with E-state index in [-0.39, 0.29) is 11.5 Å². The van der Waals surface area contributed by atoms with Crippen molar-refractivity contribution < 1.29 is 14.7 Å². The zero-order chi connectivity index (χ0) is 18.7. The van der Waals surface area contributed by atoms with Gasteiger partial charge in [-0.05, 0) is 31.4 Å². The number of rotatable bonds is 6. The monoisotopic (exact) mass is 358 g/mol. The van der Waals surface area contributed by atoms with E-state index in [4.69, 9.17) is 0 Å². The molecule has 3 rings (SSSR count). The van der Waals surface area contributed by atoms with E-state index in [1.165, 1.54) is 4.90 Å². The molecule has 1 fully saturated rings. The molecule has 0 bridgehead atoms. The molecular weight excluding hydrogens is 336 g/mol. The van der Waals surface area contributed by atoms with Crippen LogP contribution in [0.25, 0.3) is 10.9 Å². The largest absolute Gasteiger partial charge is 0.480 e. The van der Waals surface area contributed by atoms with Gasteiger partial charge in [0.1, 0.15) is 17.6 Å². The van der Waals surface area contributed by atoms with E-state index >= 15 is 0 Å². The van der Waals surface area contributed by atoms with Crippen LogP contribution in [-0.4, -0.2) is 49.5 Å². The summed E-state index contributed by atoms with van der Waals surface area (Å²) in [4.78, 5) is 38.7. The minimum Gasteiger partial charge on any atom is -0.480 e. The Morgan fingerprint density at radius 2 is 2.12 bits per heavy atom. The summed E-state index contributed by atoms with van der Waals surface area (Å²) < 4.78 is 1.12. The Balaban J connectivity index is 2.01. The summed E-state index contributed by atoms with van der Waals surface area (Å²) in [6.07, 6.45) is 3.07. The lowest BCUT2D eigenvalue weighted by Gasteiger charge is -2.27. The molecule has 8 nitrogen and oxygen atoms in total. The van der Waals surface area contributed by atoms with Crippen molar-refractivity contribution >= 4 is 22.8 Å². The van der Waals surface area contributed by atoms with Gasteiger partial charge in [0, 0.05) is 6.54 Å². The Morgan fingerprint density at radius 3 is 2.85 bits per heavy atom. The summed E-state index contributed by atoms with van der Waals surface area (Å²) in [5.41, 5.74) is 0.0937. The Bertz CT molecular complexity index is 879. The first-order valence-corrected chi connectivity index (χ1v) is 8.92. The average Bonchev–Trinajstić information content (AvgIpc) is 3.13. The van der Waals surface area contributed by atoms with Crippen LogP contribution >= 0.6 is 0 Å². The third kappa shape index (κ3) is 3.31. The van der Waals surface area contributed by atoms with Crippen molar-refractivity contribution in [2.75, 3.05) is 6.54 Å². The number of hydrogen-bond acceptors (Lipinski definition) is 5. The van der Waals surface area contributed by atoms with Crippen LogP contribution in [0.2, 0.25) is 0 Å². The van der Waals surface area contributed by atoms with Gasteiger partial charge >= 0.3 is 5.97 Å². The average molecular weight is 358 g/mol. The molecule has 2 unspecified atom stereocenters. The summed E-state index contributed by atoms with van der Waals surface area (Å²) in [6.45, 7) is 2.38. The predicted octanol–water partition coefficient (Wildman–Crippen LogP) is 1.60. The van der Waals surface area contributed by atoms with Gasteiger partial charge in [-0.2, -0.15) is 4.68 Å². The van der Waals surface area contributed by atoms with Gasteiger partial charge in [0.05, 0.1) is 5.39 Å². The maximum absolute atomic E-state index is 13.1. The second kappa shape index (κ2) is 7.63. The van der Waals surface area contributed by atoms with E-state index in [2.05, 4.69) is 10.3 Å². The lowest BCUT2D eigenvalue weighted by Crippen LogP contribution is -2.46. The molecule has 1 saturated heterocycles. The lowest BCUT2D eigenvalue weighted by atomic mass is 10.1. The highest BCUT2D eigenvalue weighted by atomic mass is 16.4. The van der Waals surface area contributed by atoms with E-state index in [9.17, 15) is 19.5 Å². The van der Waals surface area contributed by atoms with Crippen molar-refractivity contribution in [3.63, 3.8) is 0 Å². The molecule has 2 atom stereocenters. The number of likely N-dealkylation sites (tertiary alicyclic amines) is 1. The second-order valence-corrected chi connectivity index (χ2v) is 6.54. The first-order valence-electron chi connectivity index (χ1n) is 8.92. The van der Waals surface area contributed by atoms with Crippen LogP contribution in [0.3, 0.4) is 0 Å². The van der Waals surface area contributed by atoms with Crippen LogP contribution in [-0.2, 0) is 9.59 Å². The van der Waals surface area contributed by atoms with Crippen LogP contribution in [0.1, 0.15) is 45.1 Å². The quantitative estimate of drug-likeness (QED) is 0.841. The number of aliphatic carboxylic acids is 1. The number of nitrogens with zero attached hydrogens (tertiary/aromatic N) is 4. The zero-order valence-corrected chi connectivity index (χ0v) is 14.7. The highest BCUT2D eigenvalue weighted by Gasteiger charge is 2.38. The first-order chi connectivity index (χ1) is 12.5. The van der Waals surface area contributed by atoms with Gasteiger partial charge < -0.3 is 10.0 Å². The van der Waals surface area contributed by atoms with Gasteiger partial charge in [0.2, 0.25) is 5.91 Å². The van der Waals surface area contributed by atoms with Gasteiger partial charge in [-0.1, -0.05) is 37.1 Å². The predicted molar refractivity (Wildman–Crippen MR) is 94.7 cm³/mol. The van der Waals surface area contributed by atoms with Crippen molar-refractivity contribution in [1.82, 2.24) is 19.9 Å². The summed E-state index contributed by atoms with van der Waals surface area (Å²) in [5, 5.41) is 17.8. The van der Waals surface area contributed by atoms with Crippen LogP contribution in [0, 0.1) is 0 Å². The number of fused-ring (bicyclic) bond motifs is 1. The fraction of sp³-hybridized carbons (Fsp3) is 0.500. The summed E-state index contributed by atoms with van der Waals surface area (Å²) in [7, 11) is 0.